The van der Waals surface area contributed by atoms with Crippen molar-refractivity contribution in [1.29, 1.82) is 0 Å². The maximum Gasteiger partial charge on any atom is 0.397 e. The highest BCUT2D eigenvalue weighted by Crippen LogP contribution is 2.26. The van der Waals surface area contributed by atoms with Crippen LogP contribution in [0, 0.1) is 0 Å². The largest absolute Gasteiger partial charge is 0.397 e. The molecule has 0 spiro atoms. The molecular formula is C32H63NO12S. The molecule has 0 aliphatic carbocycles. The number of rotatable bonds is 28. The number of hydrogen-bond donors (Lipinski definition) is 7. The van der Waals surface area contributed by atoms with E-state index >= 15 is 0 Å². The highest BCUT2D eigenvalue weighted by molar-refractivity contribution is 7.80. The molecule has 0 saturated carbocycles. The third-order valence-corrected chi connectivity index (χ3v) is 8.99. The van der Waals surface area contributed by atoms with Crippen LogP contribution in [0.1, 0.15) is 136 Å². The molecule has 0 aromatic rings. The first kappa shape index (κ1) is 43.1. The first-order valence-electron chi connectivity index (χ1n) is 17.5. The van der Waals surface area contributed by atoms with E-state index in [9.17, 15) is 38.7 Å². The van der Waals surface area contributed by atoms with Crippen molar-refractivity contribution >= 4 is 16.3 Å². The Balaban J connectivity index is 2.74. The number of ether oxygens (including phenoxy) is 2. The van der Waals surface area contributed by atoms with Crippen molar-refractivity contribution in [2.24, 2.45) is 0 Å². The summed E-state index contributed by atoms with van der Waals surface area (Å²) in [6.07, 6.45) is 7.80. The number of amides is 1. The van der Waals surface area contributed by atoms with E-state index in [1.807, 2.05) is 0 Å². The Kier molecular flexibility index (Phi) is 23.5. The van der Waals surface area contributed by atoms with Crippen molar-refractivity contribution in [3.8, 4) is 0 Å². The molecule has 46 heavy (non-hydrogen) atoms. The van der Waals surface area contributed by atoms with Gasteiger partial charge in [-0.25, -0.2) is 4.18 Å². The Hall–Kier alpha value is -0.940. The first-order chi connectivity index (χ1) is 21.9. The lowest BCUT2D eigenvalue weighted by atomic mass is 9.99. The molecule has 274 valence electrons. The Morgan fingerprint density at radius 3 is 1.74 bits per heavy atom. The topological polar surface area (TPSA) is 212 Å². The van der Waals surface area contributed by atoms with Crippen molar-refractivity contribution < 1.29 is 57.0 Å². The summed E-state index contributed by atoms with van der Waals surface area (Å²) in [5.74, 6) is -0.676. The number of unbranched alkanes of at least 4 members (excludes halogenated alkanes) is 15. The van der Waals surface area contributed by atoms with Crippen LogP contribution in [-0.4, -0.2) is 107 Å². The van der Waals surface area contributed by atoms with Crippen LogP contribution in [0.4, 0.5) is 0 Å². The molecule has 0 radical (unpaired) electrons. The summed E-state index contributed by atoms with van der Waals surface area (Å²) >= 11 is 0. The van der Waals surface area contributed by atoms with Gasteiger partial charge in [0.15, 0.2) is 6.29 Å². The molecule has 8 atom stereocenters. The average Bonchev–Trinajstić information content (AvgIpc) is 3.01. The number of carbonyl (C=O) groups is 1. The third kappa shape index (κ3) is 18.6. The second kappa shape index (κ2) is 25.1. The number of carbonyl (C=O) groups excluding carboxylic acids is 1. The van der Waals surface area contributed by atoms with E-state index in [-0.39, 0.29) is 6.42 Å². The minimum atomic E-state index is -5.09. The highest BCUT2D eigenvalue weighted by Gasteiger charge is 2.48. The molecular weight excluding hydrogens is 622 g/mol. The second-order valence-corrected chi connectivity index (χ2v) is 13.7. The monoisotopic (exact) mass is 685 g/mol. The van der Waals surface area contributed by atoms with E-state index in [1.165, 1.54) is 51.4 Å². The van der Waals surface area contributed by atoms with Crippen molar-refractivity contribution in [1.82, 2.24) is 5.32 Å². The molecule has 1 saturated heterocycles. The average molecular weight is 686 g/mol. The zero-order valence-corrected chi connectivity index (χ0v) is 28.8. The minimum Gasteiger partial charge on any atom is -0.394 e. The fourth-order valence-electron chi connectivity index (χ4n) is 5.64. The van der Waals surface area contributed by atoms with Crippen LogP contribution in [0.15, 0.2) is 0 Å². The maximum absolute atomic E-state index is 12.9. The van der Waals surface area contributed by atoms with Crippen molar-refractivity contribution in [3.63, 3.8) is 0 Å². The standard InChI is InChI=1S/C32H63NO12S/c1-3-5-7-9-11-13-15-17-19-21-26(36)31(39)33-24(25(35)20-18-16-14-12-10-8-6-4-2)23-43-32-29(38)30(45-46(40,41)42)28(37)27(22-34)44-32/h24-30,32,34-38H,3-23H2,1-2H3,(H,33,39)(H,40,41,42). The summed E-state index contributed by atoms with van der Waals surface area (Å²) in [7, 11) is -5.09. The molecule has 1 aliphatic heterocycles. The molecule has 0 aromatic carbocycles. The van der Waals surface area contributed by atoms with Crippen LogP contribution in [-0.2, 0) is 28.9 Å². The van der Waals surface area contributed by atoms with Gasteiger partial charge in [-0.3, -0.25) is 9.35 Å². The first-order valence-corrected chi connectivity index (χ1v) is 18.9. The van der Waals surface area contributed by atoms with Crippen molar-refractivity contribution in [3.05, 3.63) is 0 Å². The summed E-state index contributed by atoms with van der Waals surface area (Å²) < 4.78 is 47.1. The van der Waals surface area contributed by atoms with Gasteiger partial charge < -0.3 is 40.3 Å². The van der Waals surface area contributed by atoms with Crippen LogP contribution in [0.25, 0.3) is 0 Å². The van der Waals surface area contributed by atoms with Gasteiger partial charge in [0.1, 0.15) is 30.5 Å². The van der Waals surface area contributed by atoms with Crippen LogP contribution >= 0.6 is 0 Å². The van der Waals surface area contributed by atoms with Crippen LogP contribution in [0.3, 0.4) is 0 Å². The Labute approximate surface area is 276 Å². The second-order valence-electron chi connectivity index (χ2n) is 12.6. The fraction of sp³-hybridized carbons (Fsp3) is 0.969. The van der Waals surface area contributed by atoms with Gasteiger partial charge in [0.2, 0.25) is 5.91 Å². The van der Waals surface area contributed by atoms with Gasteiger partial charge >= 0.3 is 10.4 Å². The van der Waals surface area contributed by atoms with Crippen molar-refractivity contribution in [2.75, 3.05) is 13.2 Å². The smallest absolute Gasteiger partial charge is 0.394 e. The lowest BCUT2D eigenvalue weighted by Crippen LogP contribution is -2.61. The quantitative estimate of drug-likeness (QED) is 0.0467. The van der Waals surface area contributed by atoms with E-state index in [2.05, 4.69) is 23.3 Å². The lowest BCUT2D eigenvalue weighted by molar-refractivity contribution is -0.298. The van der Waals surface area contributed by atoms with Gasteiger partial charge in [-0.1, -0.05) is 123 Å². The summed E-state index contributed by atoms with van der Waals surface area (Å²) in [4.78, 5) is 12.9. The number of nitrogens with one attached hydrogen (secondary N) is 1. The minimum absolute atomic E-state index is 0.262. The lowest BCUT2D eigenvalue weighted by Gasteiger charge is -2.41. The van der Waals surface area contributed by atoms with E-state index < -0.39 is 78.5 Å². The summed E-state index contributed by atoms with van der Waals surface area (Å²) in [6.45, 7) is 3.15. The molecule has 14 heteroatoms. The molecule has 1 fully saturated rings. The Morgan fingerprint density at radius 1 is 0.783 bits per heavy atom. The molecule has 7 N–H and O–H groups in total. The van der Waals surface area contributed by atoms with Crippen LogP contribution in [0.2, 0.25) is 0 Å². The van der Waals surface area contributed by atoms with Crippen LogP contribution < -0.4 is 5.32 Å². The summed E-state index contributed by atoms with van der Waals surface area (Å²) in [6, 6.07) is -1.02. The third-order valence-electron chi connectivity index (χ3n) is 8.52. The van der Waals surface area contributed by atoms with E-state index in [0.29, 0.717) is 19.3 Å². The SMILES string of the molecule is CCCCCCCCCCCC(O)C(=O)NC(COC1OC(CO)C(O)C(OS(=O)(=O)O)C1O)C(O)CCCCCCCCCC. The normalized spacial score (nSPS) is 24.0. The molecule has 1 heterocycles. The van der Waals surface area contributed by atoms with E-state index in [4.69, 9.17) is 14.0 Å². The molecule has 1 rings (SSSR count). The number of aliphatic hydroxyl groups is 5. The Bertz CT molecular complexity index is 879. The number of hydrogen-bond acceptors (Lipinski definition) is 11. The van der Waals surface area contributed by atoms with Gasteiger partial charge in [-0.15, -0.1) is 0 Å². The molecule has 0 aromatic heterocycles. The van der Waals surface area contributed by atoms with E-state index in [0.717, 1.165) is 44.9 Å². The van der Waals surface area contributed by atoms with Gasteiger partial charge in [0, 0.05) is 0 Å². The maximum atomic E-state index is 12.9. The molecule has 1 aliphatic rings. The fourth-order valence-corrected chi connectivity index (χ4v) is 6.15. The molecule has 1 amide bonds. The van der Waals surface area contributed by atoms with Gasteiger partial charge in [-0.2, -0.15) is 8.42 Å². The van der Waals surface area contributed by atoms with Gasteiger partial charge in [0.05, 0.1) is 25.4 Å². The zero-order valence-electron chi connectivity index (χ0n) is 28.0. The summed E-state index contributed by atoms with van der Waals surface area (Å²) in [5.41, 5.74) is 0. The zero-order chi connectivity index (χ0) is 34.4. The number of aliphatic hydroxyl groups excluding tert-OH is 5. The van der Waals surface area contributed by atoms with Crippen molar-refractivity contribution in [2.45, 2.75) is 185 Å². The predicted molar refractivity (Wildman–Crippen MR) is 173 cm³/mol. The molecule has 0 bridgehead atoms. The molecule has 8 unspecified atom stereocenters. The van der Waals surface area contributed by atoms with Crippen LogP contribution in [0.5, 0.6) is 0 Å². The molecule has 13 nitrogen and oxygen atoms in total. The summed E-state index contributed by atoms with van der Waals surface area (Å²) in [5, 5.41) is 54.6. The van der Waals surface area contributed by atoms with E-state index in [1.54, 1.807) is 0 Å². The highest BCUT2D eigenvalue weighted by atomic mass is 32.3. The Morgan fingerprint density at radius 2 is 1.26 bits per heavy atom. The predicted octanol–water partition coefficient (Wildman–Crippen LogP) is 3.29. The van der Waals surface area contributed by atoms with Gasteiger partial charge in [0.25, 0.3) is 0 Å². The van der Waals surface area contributed by atoms with Gasteiger partial charge in [-0.05, 0) is 12.8 Å².